The maximum atomic E-state index is 11.6. The summed E-state index contributed by atoms with van der Waals surface area (Å²) in [6.07, 6.45) is 3.75. The molecule has 5 nitrogen and oxygen atoms in total. The molecule has 3 atom stereocenters. The number of hydrogen-bond donors (Lipinski definition) is 3. The number of carboxylic acid groups (broad SMARTS) is 1. The molecule has 98 valence electrons. The average Bonchev–Trinajstić information content (AvgIpc) is 2.68. The van der Waals surface area contributed by atoms with Crippen LogP contribution in [0.15, 0.2) is 0 Å². The molecule has 4 N–H and O–H groups in total. The van der Waals surface area contributed by atoms with Crippen molar-refractivity contribution in [3.8, 4) is 0 Å². The van der Waals surface area contributed by atoms with Gasteiger partial charge in [-0.3, -0.25) is 9.59 Å². The maximum Gasteiger partial charge on any atom is 0.303 e. The molecule has 1 saturated carbocycles. The SMILES string of the molecule is CC1CCCC1CNC(=O)C(N)CCC(=O)O. The minimum atomic E-state index is -0.919. The molecule has 0 aromatic rings. The summed E-state index contributed by atoms with van der Waals surface area (Å²) in [5.41, 5.74) is 5.61. The van der Waals surface area contributed by atoms with Crippen LogP contribution in [0.1, 0.15) is 39.0 Å². The first-order valence-electron chi connectivity index (χ1n) is 6.25. The zero-order valence-corrected chi connectivity index (χ0v) is 10.3. The largest absolute Gasteiger partial charge is 0.481 e. The van der Waals surface area contributed by atoms with Crippen molar-refractivity contribution >= 4 is 11.9 Å². The summed E-state index contributed by atoms with van der Waals surface area (Å²) in [6.45, 7) is 2.87. The summed E-state index contributed by atoms with van der Waals surface area (Å²) in [5, 5.41) is 11.3. The van der Waals surface area contributed by atoms with Crippen LogP contribution in [0.3, 0.4) is 0 Å². The van der Waals surface area contributed by atoms with E-state index in [1.165, 1.54) is 12.8 Å². The molecule has 1 rings (SSSR count). The van der Waals surface area contributed by atoms with E-state index in [-0.39, 0.29) is 18.7 Å². The quantitative estimate of drug-likeness (QED) is 0.640. The summed E-state index contributed by atoms with van der Waals surface area (Å²) >= 11 is 0. The van der Waals surface area contributed by atoms with Gasteiger partial charge in [0.2, 0.25) is 5.91 Å². The monoisotopic (exact) mass is 242 g/mol. The highest BCUT2D eigenvalue weighted by Gasteiger charge is 2.24. The summed E-state index contributed by atoms with van der Waals surface area (Å²) in [7, 11) is 0. The molecule has 1 aliphatic rings. The summed E-state index contributed by atoms with van der Waals surface area (Å²) in [5.74, 6) is 0.0548. The van der Waals surface area contributed by atoms with E-state index in [9.17, 15) is 9.59 Å². The second-order valence-corrected chi connectivity index (χ2v) is 4.95. The van der Waals surface area contributed by atoms with Gasteiger partial charge in [-0.1, -0.05) is 19.8 Å². The fourth-order valence-corrected chi connectivity index (χ4v) is 2.30. The number of amides is 1. The molecule has 0 heterocycles. The first kappa shape index (κ1) is 14.0. The Labute approximate surface area is 102 Å². The molecule has 0 aromatic heterocycles. The van der Waals surface area contributed by atoms with Gasteiger partial charge >= 0.3 is 5.97 Å². The van der Waals surface area contributed by atoms with Crippen molar-refractivity contribution in [2.45, 2.75) is 45.1 Å². The smallest absolute Gasteiger partial charge is 0.303 e. The van der Waals surface area contributed by atoms with Gasteiger partial charge in [-0.15, -0.1) is 0 Å². The minimum absolute atomic E-state index is 0.0611. The van der Waals surface area contributed by atoms with E-state index < -0.39 is 12.0 Å². The Morgan fingerprint density at radius 2 is 2.18 bits per heavy atom. The third-order valence-corrected chi connectivity index (χ3v) is 3.58. The van der Waals surface area contributed by atoms with Crippen LogP contribution in [-0.2, 0) is 9.59 Å². The fourth-order valence-electron chi connectivity index (χ4n) is 2.30. The molecule has 1 amide bonds. The molecule has 0 bridgehead atoms. The first-order valence-corrected chi connectivity index (χ1v) is 6.25. The summed E-state index contributed by atoms with van der Waals surface area (Å²) in [4.78, 5) is 21.9. The zero-order chi connectivity index (χ0) is 12.8. The zero-order valence-electron chi connectivity index (χ0n) is 10.3. The lowest BCUT2D eigenvalue weighted by Gasteiger charge is -2.17. The van der Waals surface area contributed by atoms with Crippen LogP contribution >= 0.6 is 0 Å². The predicted molar refractivity (Wildman–Crippen MR) is 64.4 cm³/mol. The van der Waals surface area contributed by atoms with Gasteiger partial charge in [0.15, 0.2) is 0 Å². The van der Waals surface area contributed by atoms with Crippen LogP contribution in [0.5, 0.6) is 0 Å². The van der Waals surface area contributed by atoms with Gasteiger partial charge in [0, 0.05) is 13.0 Å². The molecule has 3 unspecified atom stereocenters. The number of aliphatic carboxylic acids is 1. The topological polar surface area (TPSA) is 92.4 Å². The molecule has 1 fully saturated rings. The van der Waals surface area contributed by atoms with E-state index in [4.69, 9.17) is 10.8 Å². The van der Waals surface area contributed by atoms with Crippen LogP contribution in [0.25, 0.3) is 0 Å². The molecule has 0 aliphatic heterocycles. The second-order valence-electron chi connectivity index (χ2n) is 4.95. The Morgan fingerprint density at radius 1 is 1.47 bits per heavy atom. The molecule has 17 heavy (non-hydrogen) atoms. The number of carbonyl (C=O) groups is 2. The molecule has 0 aromatic carbocycles. The van der Waals surface area contributed by atoms with E-state index in [0.717, 1.165) is 6.42 Å². The number of nitrogens with two attached hydrogens (primary N) is 1. The Morgan fingerprint density at radius 3 is 2.71 bits per heavy atom. The fraction of sp³-hybridized carbons (Fsp3) is 0.833. The Bertz CT molecular complexity index is 281. The molecule has 1 aliphatic carbocycles. The normalized spacial score (nSPS) is 25.5. The van der Waals surface area contributed by atoms with E-state index in [2.05, 4.69) is 12.2 Å². The van der Waals surface area contributed by atoms with Crippen molar-refractivity contribution in [3.05, 3.63) is 0 Å². The molecular weight excluding hydrogens is 220 g/mol. The Balaban J connectivity index is 2.21. The first-order chi connectivity index (χ1) is 8.00. The highest BCUT2D eigenvalue weighted by Crippen LogP contribution is 2.30. The second kappa shape index (κ2) is 6.59. The van der Waals surface area contributed by atoms with Gasteiger partial charge < -0.3 is 16.2 Å². The summed E-state index contributed by atoms with van der Waals surface area (Å²) < 4.78 is 0. The Kier molecular flexibility index (Phi) is 5.41. The van der Waals surface area contributed by atoms with Crippen LogP contribution in [0, 0.1) is 11.8 Å². The lowest BCUT2D eigenvalue weighted by atomic mass is 9.98. The van der Waals surface area contributed by atoms with Crippen LogP contribution in [0.2, 0.25) is 0 Å². The molecule has 0 radical (unpaired) electrons. The van der Waals surface area contributed by atoms with Crippen molar-refractivity contribution in [2.24, 2.45) is 17.6 Å². The lowest BCUT2D eigenvalue weighted by molar-refractivity contribution is -0.137. The van der Waals surface area contributed by atoms with Crippen LogP contribution in [-0.4, -0.2) is 29.6 Å². The molecular formula is C12H22N2O3. The van der Waals surface area contributed by atoms with Gasteiger partial charge in [0.1, 0.15) is 0 Å². The van der Waals surface area contributed by atoms with E-state index in [1.807, 2.05) is 0 Å². The van der Waals surface area contributed by atoms with Crippen LogP contribution in [0.4, 0.5) is 0 Å². The van der Waals surface area contributed by atoms with Crippen molar-refractivity contribution < 1.29 is 14.7 Å². The average molecular weight is 242 g/mol. The number of nitrogens with one attached hydrogen (secondary N) is 1. The third-order valence-electron chi connectivity index (χ3n) is 3.58. The highest BCUT2D eigenvalue weighted by molar-refractivity contribution is 5.82. The van der Waals surface area contributed by atoms with Crippen molar-refractivity contribution in [1.82, 2.24) is 5.32 Å². The van der Waals surface area contributed by atoms with Gasteiger partial charge in [-0.2, -0.15) is 0 Å². The standard InChI is InChI=1S/C12H22N2O3/c1-8-3-2-4-9(8)7-14-12(17)10(13)5-6-11(15)16/h8-10H,2-7,13H2,1H3,(H,14,17)(H,15,16). The molecule has 0 saturated heterocycles. The van der Waals surface area contributed by atoms with Gasteiger partial charge in [0.05, 0.1) is 6.04 Å². The minimum Gasteiger partial charge on any atom is -0.481 e. The maximum absolute atomic E-state index is 11.6. The molecule has 5 heteroatoms. The van der Waals surface area contributed by atoms with E-state index >= 15 is 0 Å². The van der Waals surface area contributed by atoms with Crippen molar-refractivity contribution in [1.29, 1.82) is 0 Å². The van der Waals surface area contributed by atoms with Crippen LogP contribution < -0.4 is 11.1 Å². The van der Waals surface area contributed by atoms with E-state index in [0.29, 0.717) is 18.4 Å². The van der Waals surface area contributed by atoms with Crippen molar-refractivity contribution in [2.75, 3.05) is 6.54 Å². The van der Waals surface area contributed by atoms with Gasteiger partial charge in [-0.05, 0) is 24.7 Å². The number of carboxylic acids is 1. The highest BCUT2D eigenvalue weighted by atomic mass is 16.4. The number of rotatable bonds is 6. The van der Waals surface area contributed by atoms with Crippen molar-refractivity contribution in [3.63, 3.8) is 0 Å². The number of carbonyl (C=O) groups excluding carboxylic acids is 1. The van der Waals surface area contributed by atoms with Gasteiger partial charge in [-0.25, -0.2) is 0 Å². The third kappa shape index (κ3) is 4.73. The predicted octanol–water partition coefficient (Wildman–Crippen LogP) is 0.731. The van der Waals surface area contributed by atoms with E-state index in [1.54, 1.807) is 0 Å². The Hall–Kier alpha value is -1.10. The summed E-state index contributed by atoms with van der Waals surface area (Å²) in [6, 6.07) is -0.706. The lowest BCUT2D eigenvalue weighted by Crippen LogP contribution is -2.42. The number of hydrogen-bond acceptors (Lipinski definition) is 3. The van der Waals surface area contributed by atoms with Gasteiger partial charge in [0.25, 0.3) is 0 Å². The molecule has 0 spiro atoms.